The molecule has 1 fully saturated rings. The van der Waals surface area contributed by atoms with Crippen molar-refractivity contribution in [2.24, 2.45) is 16.7 Å². The lowest BCUT2D eigenvalue weighted by Gasteiger charge is -2.22. The van der Waals surface area contributed by atoms with Crippen LogP contribution in [0.5, 0.6) is 0 Å². The van der Waals surface area contributed by atoms with E-state index < -0.39 is 0 Å². The van der Waals surface area contributed by atoms with Gasteiger partial charge in [-0.2, -0.15) is 0 Å². The van der Waals surface area contributed by atoms with Gasteiger partial charge in [0.25, 0.3) is 0 Å². The molecule has 1 aromatic rings. The Morgan fingerprint density at radius 2 is 1.79 bits per heavy atom. The first-order valence-electron chi connectivity index (χ1n) is 7.62. The zero-order valence-electron chi connectivity index (χ0n) is 13.4. The largest absolute Gasteiger partial charge is 0.310 e. The molecule has 0 bridgehead atoms. The molecule has 1 nitrogen and oxygen atoms in total. The fourth-order valence-corrected chi connectivity index (χ4v) is 3.67. The average Bonchev–Trinajstić information content (AvgIpc) is 2.72. The maximum atomic E-state index is 3.79. The Bertz CT molecular complexity index is 431. The number of rotatable bonds is 5. The molecule has 2 rings (SSSR count). The molecular weight excluding hydrogens is 230 g/mol. The van der Waals surface area contributed by atoms with Gasteiger partial charge in [-0.3, -0.25) is 0 Å². The lowest BCUT2D eigenvalue weighted by Crippen LogP contribution is -2.26. The van der Waals surface area contributed by atoms with Crippen LogP contribution in [0.4, 0.5) is 0 Å². The van der Waals surface area contributed by atoms with Crippen molar-refractivity contribution in [2.75, 3.05) is 6.54 Å². The van der Waals surface area contributed by atoms with Crippen LogP contribution in [0.25, 0.3) is 0 Å². The molecule has 0 aromatic heterocycles. The molecule has 0 amide bonds. The molecule has 1 aromatic carbocycles. The van der Waals surface area contributed by atoms with Crippen molar-refractivity contribution in [1.82, 2.24) is 5.32 Å². The van der Waals surface area contributed by atoms with Gasteiger partial charge in [0.2, 0.25) is 0 Å². The summed E-state index contributed by atoms with van der Waals surface area (Å²) < 4.78 is 0. The summed E-state index contributed by atoms with van der Waals surface area (Å²) in [7, 11) is 0. The molecule has 1 aliphatic rings. The van der Waals surface area contributed by atoms with E-state index in [2.05, 4.69) is 71.1 Å². The number of benzene rings is 1. The molecule has 0 heterocycles. The Labute approximate surface area is 118 Å². The van der Waals surface area contributed by atoms with E-state index >= 15 is 0 Å². The van der Waals surface area contributed by atoms with Gasteiger partial charge in [-0.1, -0.05) is 64.4 Å². The van der Waals surface area contributed by atoms with Crippen molar-refractivity contribution in [3.63, 3.8) is 0 Å². The van der Waals surface area contributed by atoms with E-state index in [1.807, 2.05) is 0 Å². The topological polar surface area (TPSA) is 12.0 Å². The number of hydrogen-bond acceptors (Lipinski definition) is 1. The molecule has 1 aliphatic carbocycles. The molecule has 0 aliphatic heterocycles. The summed E-state index contributed by atoms with van der Waals surface area (Å²) in [5.74, 6) is 0.716. The predicted octanol–water partition coefficient (Wildman–Crippen LogP) is 4.72. The third-order valence-corrected chi connectivity index (χ3v) is 5.48. The molecule has 1 heteroatoms. The van der Waals surface area contributed by atoms with Gasteiger partial charge in [0.1, 0.15) is 0 Å². The Kier molecular flexibility index (Phi) is 3.79. The third-order valence-electron chi connectivity index (χ3n) is 5.48. The van der Waals surface area contributed by atoms with Crippen molar-refractivity contribution in [3.8, 4) is 0 Å². The highest BCUT2D eigenvalue weighted by atomic mass is 15.0. The van der Waals surface area contributed by atoms with Gasteiger partial charge in [-0.25, -0.2) is 0 Å². The number of hydrogen-bond donors (Lipinski definition) is 1. The van der Waals surface area contributed by atoms with E-state index in [1.165, 1.54) is 17.5 Å². The molecule has 1 N–H and O–H groups in total. The molecule has 0 saturated heterocycles. The summed E-state index contributed by atoms with van der Waals surface area (Å²) >= 11 is 0. The molecule has 0 spiro atoms. The van der Waals surface area contributed by atoms with Crippen LogP contribution in [0.3, 0.4) is 0 Å². The van der Waals surface area contributed by atoms with Crippen LogP contribution in [0, 0.1) is 23.7 Å². The smallest absolute Gasteiger partial charge is 0.0359 e. The first-order valence-corrected chi connectivity index (χ1v) is 7.62. The van der Waals surface area contributed by atoms with E-state index in [1.54, 1.807) is 0 Å². The van der Waals surface area contributed by atoms with Crippen LogP contribution in [-0.2, 0) is 0 Å². The Hall–Kier alpha value is -0.820. The van der Waals surface area contributed by atoms with Gasteiger partial charge in [0.15, 0.2) is 0 Å². The van der Waals surface area contributed by atoms with E-state index in [-0.39, 0.29) is 0 Å². The standard InChI is InChI=1S/C18H29N/c1-7-11-19-15(14-10-8-9-13(2)12-14)16-17(3,4)18(16,5)6/h8-10,12,15-16,19H,7,11H2,1-6H3. The Morgan fingerprint density at radius 1 is 1.16 bits per heavy atom. The average molecular weight is 259 g/mol. The molecule has 19 heavy (non-hydrogen) atoms. The van der Waals surface area contributed by atoms with Crippen molar-refractivity contribution in [1.29, 1.82) is 0 Å². The van der Waals surface area contributed by atoms with Crippen molar-refractivity contribution in [2.45, 2.75) is 54.0 Å². The lowest BCUT2D eigenvalue weighted by molar-refractivity contribution is 0.410. The molecule has 0 radical (unpaired) electrons. The van der Waals surface area contributed by atoms with E-state index in [4.69, 9.17) is 0 Å². The van der Waals surface area contributed by atoms with Gasteiger partial charge < -0.3 is 5.32 Å². The monoisotopic (exact) mass is 259 g/mol. The molecule has 106 valence electrons. The van der Waals surface area contributed by atoms with Gasteiger partial charge >= 0.3 is 0 Å². The summed E-state index contributed by atoms with van der Waals surface area (Å²) in [5, 5.41) is 3.79. The maximum Gasteiger partial charge on any atom is 0.0359 e. The van der Waals surface area contributed by atoms with Crippen LogP contribution in [0.1, 0.15) is 58.2 Å². The summed E-state index contributed by atoms with van der Waals surface area (Å²) in [4.78, 5) is 0. The minimum Gasteiger partial charge on any atom is -0.310 e. The SMILES string of the molecule is CCCNC(c1cccc(C)c1)C1C(C)(C)C1(C)C. The van der Waals surface area contributed by atoms with Gasteiger partial charge in [-0.15, -0.1) is 0 Å². The van der Waals surface area contributed by atoms with E-state index in [0.29, 0.717) is 22.8 Å². The molecule has 1 saturated carbocycles. The minimum atomic E-state index is 0.419. The van der Waals surface area contributed by atoms with Crippen molar-refractivity contribution in [3.05, 3.63) is 35.4 Å². The highest BCUT2D eigenvalue weighted by Gasteiger charge is 2.67. The van der Waals surface area contributed by atoms with Crippen LogP contribution >= 0.6 is 0 Å². The summed E-state index contributed by atoms with van der Waals surface area (Å²) in [6.07, 6.45) is 1.19. The maximum absolute atomic E-state index is 3.79. The van der Waals surface area contributed by atoms with Crippen molar-refractivity contribution >= 4 is 0 Å². The first kappa shape index (κ1) is 14.6. The fraction of sp³-hybridized carbons (Fsp3) is 0.667. The second-order valence-corrected chi connectivity index (χ2v) is 7.27. The normalized spacial score (nSPS) is 22.2. The van der Waals surface area contributed by atoms with Gasteiger partial charge in [0, 0.05) is 6.04 Å². The zero-order valence-corrected chi connectivity index (χ0v) is 13.4. The Balaban J connectivity index is 2.28. The number of nitrogens with one attached hydrogen (secondary N) is 1. The first-order chi connectivity index (χ1) is 8.82. The summed E-state index contributed by atoms with van der Waals surface area (Å²) in [6.45, 7) is 15.2. The predicted molar refractivity (Wildman–Crippen MR) is 83.3 cm³/mol. The lowest BCUT2D eigenvalue weighted by atomic mass is 9.95. The van der Waals surface area contributed by atoms with Gasteiger partial charge in [0.05, 0.1) is 0 Å². The second kappa shape index (κ2) is 4.94. The second-order valence-electron chi connectivity index (χ2n) is 7.27. The van der Waals surface area contributed by atoms with Crippen LogP contribution in [0.15, 0.2) is 24.3 Å². The van der Waals surface area contributed by atoms with E-state index in [9.17, 15) is 0 Å². The van der Waals surface area contributed by atoms with Crippen molar-refractivity contribution < 1.29 is 0 Å². The fourth-order valence-electron chi connectivity index (χ4n) is 3.67. The van der Waals surface area contributed by atoms with Crippen LogP contribution in [-0.4, -0.2) is 6.54 Å². The van der Waals surface area contributed by atoms with E-state index in [0.717, 1.165) is 6.54 Å². The zero-order chi connectivity index (χ0) is 14.3. The summed E-state index contributed by atoms with van der Waals surface area (Å²) in [6, 6.07) is 9.49. The highest BCUT2D eigenvalue weighted by molar-refractivity contribution is 5.30. The highest BCUT2D eigenvalue weighted by Crippen LogP contribution is 2.72. The van der Waals surface area contributed by atoms with Crippen LogP contribution in [0.2, 0.25) is 0 Å². The molecule has 1 unspecified atom stereocenters. The van der Waals surface area contributed by atoms with Crippen LogP contribution < -0.4 is 5.32 Å². The summed E-state index contributed by atoms with van der Waals surface area (Å²) in [5.41, 5.74) is 3.65. The molecular formula is C18H29N. The minimum absolute atomic E-state index is 0.419. The van der Waals surface area contributed by atoms with Gasteiger partial charge in [-0.05, 0) is 42.2 Å². The molecule has 1 atom stereocenters. The quantitative estimate of drug-likeness (QED) is 0.807. The Morgan fingerprint density at radius 3 is 2.26 bits per heavy atom. The third kappa shape index (κ3) is 2.45. The number of aryl methyl sites for hydroxylation is 1.